The number of thioether (sulfide) groups is 1. The number of carbonyl (C=O) groups excluding carboxylic acids is 1. The van der Waals surface area contributed by atoms with Gasteiger partial charge in [-0.25, -0.2) is 0 Å². The molecule has 0 N–H and O–H groups in total. The van der Waals surface area contributed by atoms with Gasteiger partial charge in [-0.2, -0.15) is 5.10 Å². The lowest BCUT2D eigenvalue weighted by molar-refractivity contribution is 0.102. The summed E-state index contributed by atoms with van der Waals surface area (Å²) < 4.78 is 5.48. The third-order valence-electron chi connectivity index (χ3n) is 3.89. The fraction of sp³-hybridized carbons (Fsp3) is 0.167. The fourth-order valence-electron chi connectivity index (χ4n) is 2.69. The third kappa shape index (κ3) is 2.80. The summed E-state index contributed by atoms with van der Waals surface area (Å²) in [6.07, 6.45) is 2.61. The highest BCUT2D eigenvalue weighted by molar-refractivity contribution is 8.00. The molecule has 5 heteroatoms. The second-order valence-corrected chi connectivity index (χ2v) is 6.33. The van der Waals surface area contributed by atoms with E-state index in [9.17, 15) is 4.79 Å². The predicted molar refractivity (Wildman–Crippen MR) is 90.2 cm³/mol. The summed E-state index contributed by atoms with van der Waals surface area (Å²) in [5, 5.41) is 11.0. The molecule has 0 spiro atoms. The first kappa shape index (κ1) is 14.2. The Morgan fingerprint density at radius 2 is 2.13 bits per heavy atom. The van der Waals surface area contributed by atoms with Crippen LogP contribution in [0.15, 0.2) is 53.7 Å². The van der Waals surface area contributed by atoms with E-state index in [1.54, 1.807) is 6.20 Å². The molecule has 1 aliphatic rings. The molecular formula is C18H14N2O2S. The van der Waals surface area contributed by atoms with Crippen LogP contribution < -0.4 is 4.74 Å². The molecule has 0 amide bonds. The second kappa shape index (κ2) is 6.01. The van der Waals surface area contributed by atoms with Gasteiger partial charge in [0.05, 0.1) is 18.6 Å². The summed E-state index contributed by atoms with van der Waals surface area (Å²) in [5.74, 6) is 1.34. The van der Waals surface area contributed by atoms with Gasteiger partial charge in [0.2, 0.25) is 0 Å². The Balaban J connectivity index is 1.53. The summed E-state index contributed by atoms with van der Waals surface area (Å²) in [6.45, 7) is 0.702. The average Bonchev–Trinajstić information content (AvgIpc) is 3.07. The minimum Gasteiger partial charge on any atom is -0.493 e. The van der Waals surface area contributed by atoms with E-state index in [-0.39, 0.29) is 5.78 Å². The molecule has 0 fully saturated rings. The van der Waals surface area contributed by atoms with Crippen molar-refractivity contribution >= 4 is 28.3 Å². The Hall–Kier alpha value is -2.40. The van der Waals surface area contributed by atoms with Crippen molar-refractivity contribution in [3.05, 3.63) is 59.8 Å². The Morgan fingerprint density at radius 3 is 3.09 bits per heavy atom. The molecule has 1 aromatic heterocycles. The van der Waals surface area contributed by atoms with Gasteiger partial charge >= 0.3 is 0 Å². The summed E-state index contributed by atoms with van der Waals surface area (Å²) in [6, 6.07) is 13.6. The van der Waals surface area contributed by atoms with Crippen LogP contribution in [0.3, 0.4) is 0 Å². The van der Waals surface area contributed by atoms with Crippen LogP contribution in [0.5, 0.6) is 5.75 Å². The van der Waals surface area contributed by atoms with Crippen molar-refractivity contribution in [2.45, 2.75) is 11.4 Å². The molecule has 4 rings (SSSR count). The monoisotopic (exact) mass is 322 g/mol. The molecule has 0 aliphatic carbocycles. The average molecular weight is 322 g/mol. The zero-order valence-electron chi connectivity index (χ0n) is 12.4. The predicted octanol–water partition coefficient (Wildman–Crippen LogP) is 3.54. The Morgan fingerprint density at radius 1 is 1.22 bits per heavy atom. The number of rotatable bonds is 4. The maximum absolute atomic E-state index is 12.4. The van der Waals surface area contributed by atoms with Crippen LogP contribution in [0.1, 0.15) is 15.9 Å². The van der Waals surface area contributed by atoms with Crippen molar-refractivity contribution in [2.75, 3.05) is 12.4 Å². The van der Waals surface area contributed by atoms with E-state index in [0.29, 0.717) is 12.4 Å². The van der Waals surface area contributed by atoms with Gasteiger partial charge in [-0.3, -0.25) is 4.79 Å². The highest BCUT2D eigenvalue weighted by atomic mass is 32.2. The van der Waals surface area contributed by atoms with E-state index >= 15 is 0 Å². The lowest BCUT2D eigenvalue weighted by Gasteiger charge is -2.05. The van der Waals surface area contributed by atoms with Crippen LogP contribution >= 0.6 is 11.8 Å². The number of benzene rings is 2. The Bertz CT molecular complexity index is 890. The van der Waals surface area contributed by atoms with Gasteiger partial charge in [0.1, 0.15) is 10.8 Å². The number of Topliss-reactive ketones (excluding diaryl/α,β-unsaturated/α-hetero) is 1. The molecule has 0 radical (unpaired) electrons. The van der Waals surface area contributed by atoms with Crippen LogP contribution in [-0.4, -0.2) is 28.3 Å². The summed E-state index contributed by atoms with van der Waals surface area (Å²) in [4.78, 5) is 12.4. The van der Waals surface area contributed by atoms with E-state index < -0.39 is 0 Å². The number of carbonyl (C=O) groups is 1. The van der Waals surface area contributed by atoms with Gasteiger partial charge in [-0.1, -0.05) is 36.0 Å². The number of aromatic nitrogens is 2. The summed E-state index contributed by atoms with van der Waals surface area (Å²) >= 11 is 1.43. The van der Waals surface area contributed by atoms with Crippen molar-refractivity contribution in [3.8, 4) is 5.75 Å². The van der Waals surface area contributed by atoms with E-state index in [4.69, 9.17) is 4.74 Å². The van der Waals surface area contributed by atoms with Crippen LogP contribution in [-0.2, 0) is 6.42 Å². The fourth-order valence-corrected chi connectivity index (χ4v) is 3.57. The molecule has 3 aromatic rings. The third-order valence-corrected chi connectivity index (χ3v) is 4.87. The van der Waals surface area contributed by atoms with Gasteiger partial charge in [0.25, 0.3) is 0 Å². The topological polar surface area (TPSA) is 52.1 Å². The highest BCUT2D eigenvalue weighted by Crippen LogP contribution is 2.28. The number of hydrogen-bond acceptors (Lipinski definition) is 5. The molecule has 0 atom stereocenters. The van der Waals surface area contributed by atoms with Crippen LogP contribution in [0.25, 0.3) is 10.8 Å². The van der Waals surface area contributed by atoms with Gasteiger partial charge in [0, 0.05) is 22.8 Å². The molecule has 23 heavy (non-hydrogen) atoms. The molecule has 4 nitrogen and oxygen atoms in total. The molecule has 1 aliphatic heterocycles. The highest BCUT2D eigenvalue weighted by Gasteiger charge is 2.15. The Labute approximate surface area is 137 Å². The van der Waals surface area contributed by atoms with Crippen LogP contribution in [0.2, 0.25) is 0 Å². The maximum Gasteiger partial charge on any atom is 0.173 e. The lowest BCUT2D eigenvalue weighted by Crippen LogP contribution is -2.03. The smallest absolute Gasteiger partial charge is 0.173 e. The largest absolute Gasteiger partial charge is 0.493 e. The lowest BCUT2D eigenvalue weighted by atomic mass is 10.1. The van der Waals surface area contributed by atoms with E-state index in [1.165, 1.54) is 11.8 Å². The quantitative estimate of drug-likeness (QED) is 0.543. The van der Waals surface area contributed by atoms with Crippen molar-refractivity contribution in [1.82, 2.24) is 10.2 Å². The first-order chi connectivity index (χ1) is 11.3. The SMILES string of the molecule is O=C(CSc1nncc2ccccc12)c1ccc2c(c1)CCO2. The molecular weight excluding hydrogens is 308 g/mol. The van der Waals surface area contributed by atoms with E-state index in [2.05, 4.69) is 10.2 Å². The van der Waals surface area contributed by atoms with Crippen molar-refractivity contribution in [2.24, 2.45) is 0 Å². The Kier molecular flexibility index (Phi) is 3.71. The standard InChI is InChI=1S/C18H14N2O2S/c21-16(12-5-6-17-13(9-12)7-8-22-17)11-23-18-15-4-2-1-3-14(15)10-19-20-18/h1-6,9-10H,7-8,11H2. The first-order valence-electron chi connectivity index (χ1n) is 7.43. The minimum absolute atomic E-state index is 0.0967. The molecule has 114 valence electrons. The zero-order chi connectivity index (χ0) is 15.6. The second-order valence-electron chi connectivity index (χ2n) is 5.37. The zero-order valence-corrected chi connectivity index (χ0v) is 13.2. The molecule has 2 aromatic carbocycles. The molecule has 0 saturated carbocycles. The summed E-state index contributed by atoms with van der Waals surface area (Å²) in [7, 11) is 0. The van der Waals surface area contributed by atoms with Crippen LogP contribution in [0.4, 0.5) is 0 Å². The van der Waals surface area contributed by atoms with E-state index in [1.807, 2.05) is 42.5 Å². The van der Waals surface area contributed by atoms with Gasteiger partial charge in [-0.05, 0) is 23.8 Å². The molecule has 0 saturated heterocycles. The van der Waals surface area contributed by atoms with Gasteiger partial charge in [0.15, 0.2) is 5.78 Å². The van der Waals surface area contributed by atoms with Crippen molar-refractivity contribution in [3.63, 3.8) is 0 Å². The molecule has 2 heterocycles. The summed E-state index contributed by atoms with van der Waals surface area (Å²) in [5.41, 5.74) is 1.85. The van der Waals surface area contributed by atoms with Crippen molar-refractivity contribution < 1.29 is 9.53 Å². The minimum atomic E-state index is 0.0967. The number of hydrogen-bond donors (Lipinski definition) is 0. The van der Waals surface area contributed by atoms with E-state index in [0.717, 1.165) is 39.1 Å². The molecule has 0 unspecified atom stereocenters. The molecule has 0 bridgehead atoms. The van der Waals surface area contributed by atoms with Gasteiger partial charge < -0.3 is 4.74 Å². The number of fused-ring (bicyclic) bond motifs is 2. The van der Waals surface area contributed by atoms with Crippen LogP contribution in [0, 0.1) is 0 Å². The normalized spacial score (nSPS) is 12.9. The number of ether oxygens (including phenoxy) is 1. The first-order valence-corrected chi connectivity index (χ1v) is 8.42. The number of nitrogens with zero attached hydrogens (tertiary/aromatic N) is 2. The number of ketones is 1. The van der Waals surface area contributed by atoms with Crippen molar-refractivity contribution in [1.29, 1.82) is 0 Å². The maximum atomic E-state index is 12.4. The van der Waals surface area contributed by atoms with Gasteiger partial charge in [-0.15, -0.1) is 5.10 Å².